The molecule has 1 fully saturated rings. The van der Waals surface area contributed by atoms with Gasteiger partial charge in [0.2, 0.25) is 0 Å². The number of carbonyl (C=O) groups is 1. The van der Waals surface area contributed by atoms with Gasteiger partial charge in [0.25, 0.3) is 5.91 Å². The Morgan fingerprint density at radius 3 is 2.31 bits per heavy atom. The van der Waals surface area contributed by atoms with E-state index >= 15 is 0 Å². The number of alkyl halides is 3. The largest absolute Gasteiger partial charge is 0.496 e. The molecule has 174 valence electrons. The molecule has 0 spiro atoms. The summed E-state index contributed by atoms with van der Waals surface area (Å²) in [6, 6.07) is 11.3. The first-order valence-corrected chi connectivity index (χ1v) is 11.0. The van der Waals surface area contributed by atoms with Crippen molar-refractivity contribution in [2.24, 2.45) is 0 Å². The minimum Gasteiger partial charge on any atom is -0.496 e. The highest BCUT2D eigenvalue weighted by molar-refractivity contribution is 5.99. The van der Waals surface area contributed by atoms with Crippen molar-refractivity contribution in [3.63, 3.8) is 0 Å². The predicted octanol–water partition coefficient (Wildman–Crippen LogP) is 5.76. The molecule has 1 aliphatic heterocycles. The van der Waals surface area contributed by atoms with Crippen LogP contribution in [0.2, 0.25) is 0 Å². The van der Waals surface area contributed by atoms with Crippen molar-refractivity contribution in [3.05, 3.63) is 64.7 Å². The Hall–Kier alpha value is -2.54. The summed E-state index contributed by atoms with van der Waals surface area (Å²) in [4.78, 5) is 15.9. The maximum absolute atomic E-state index is 13.5. The first-order valence-electron chi connectivity index (χ1n) is 11.0. The summed E-state index contributed by atoms with van der Waals surface area (Å²) in [6.07, 6.45) is -1.50. The van der Waals surface area contributed by atoms with E-state index in [-0.39, 0.29) is 28.5 Å². The van der Waals surface area contributed by atoms with Crippen molar-refractivity contribution in [1.82, 2.24) is 10.2 Å². The molecule has 1 N–H and O–H groups in total. The van der Waals surface area contributed by atoms with Gasteiger partial charge in [0.1, 0.15) is 5.75 Å². The minimum atomic E-state index is -4.52. The quantitative estimate of drug-likeness (QED) is 0.586. The zero-order chi connectivity index (χ0) is 23.5. The number of hydrogen-bond acceptors (Lipinski definition) is 3. The maximum atomic E-state index is 13.5. The summed E-state index contributed by atoms with van der Waals surface area (Å²) in [6.45, 7) is 7.65. The zero-order valence-corrected chi connectivity index (χ0v) is 19.1. The standard InChI is InChI=1S/C25H31F3N2O2/c1-5-24(3,30-13-9-10-14-30)22(18-11-7-6-8-12-18)29-23(31)21-17(2)15-19(25(26,27)28)16-20(21)32-4/h6-8,11-12,15-16,22H,5,9-10,13-14H2,1-4H3,(H,29,31). The predicted molar refractivity (Wildman–Crippen MR) is 119 cm³/mol. The van der Waals surface area contributed by atoms with Gasteiger partial charge in [-0.1, -0.05) is 37.3 Å². The van der Waals surface area contributed by atoms with Crippen molar-refractivity contribution < 1.29 is 22.7 Å². The van der Waals surface area contributed by atoms with Crippen LogP contribution in [-0.2, 0) is 6.18 Å². The number of methoxy groups -OCH3 is 1. The van der Waals surface area contributed by atoms with Crippen LogP contribution in [0.25, 0.3) is 0 Å². The summed E-state index contributed by atoms with van der Waals surface area (Å²) in [5.41, 5.74) is 0.126. The van der Waals surface area contributed by atoms with Crippen molar-refractivity contribution >= 4 is 5.91 Å². The van der Waals surface area contributed by atoms with E-state index in [9.17, 15) is 18.0 Å². The van der Waals surface area contributed by atoms with E-state index in [2.05, 4.69) is 24.1 Å². The van der Waals surface area contributed by atoms with E-state index in [1.165, 1.54) is 14.0 Å². The van der Waals surface area contributed by atoms with E-state index < -0.39 is 17.6 Å². The molecule has 0 aromatic heterocycles. The van der Waals surface area contributed by atoms with E-state index in [1.54, 1.807) is 0 Å². The smallest absolute Gasteiger partial charge is 0.416 e. The van der Waals surface area contributed by atoms with Gasteiger partial charge in [0.15, 0.2) is 0 Å². The molecule has 7 heteroatoms. The number of rotatable bonds is 7. The molecule has 0 bridgehead atoms. The van der Waals surface area contributed by atoms with Crippen LogP contribution >= 0.6 is 0 Å². The average Bonchev–Trinajstić information content (AvgIpc) is 3.31. The molecule has 1 aliphatic rings. The summed E-state index contributed by atoms with van der Waals surface area (Å²) >= 11 is 0. The van der Waals surface area contributed by atoms with Gasteiger partial charge >= 0.3 is 6.18 Å². The van der Waals surface area contributed by atoms with Crippen LogP contribution in [0.4, 0.5) is 13.2 Å². The van der Waals surface area contributed by atoms with Crippen molar-refractivity contribution in [2.75, 3.05) is 20.2 Å². The second-order valence-electron chi connectivity index (χ2n) is 8.59. The Morgan fingerprint density at radius 2 is 1.78 bits per heavy atom. The Bertz CT molecular complexity index is 940. The lowest BCUT2D eigenvalue weighted by atomic mass is 9.82. The normalized spacial score (nSPS) is 17.6. The molecule has 1 amide bonds. The fraction of sp³-hybridized carbons (Fsp3) is 0.480. The maximum Gasteiger partial charge on any atom is 0.416 e. The van der Waals surface area contributed by atoms with Crippen molar-refractivity contribution in [3.8, 4) is 5.75 Å². The first-order chi connectivity index (χ1) is 15.1. The summed E-state index contributed by atoms with van der Waals surface area (Å²) < 4.78 is 45.0. The SMILES string of the molecule is CCC(C)(C(NC(=O)c1c(C)cc(C(F)(F)F)cc1OC)c1ccccc1)N1CCCC1. The van der Waals surface area contributed by atoms with Gasteiger partial charge < -0.3 is 10.1 Å². The number of nitrogens with zero attached hydrogens (tertiary/aromatic N) is 1. The highest BCUT2D eigenvalue weighted by Gasteiger charge is 2.42. The summed E-state index contributed by atoms with van der Waals surface area (Å²) in [7, 11) is 1.28. The molecule has 0 saturated carbocycles. The van der Waals surface area contributed by atoms with E-state index in [0.717, 1.165) is 50.0 Å². The van der Waals surface area contributed by atoms with Crippen LogP contribution in [-0.4, -0.2) is 36.5 Å². The minimum absolute atomic E-state index is 0.0824. The number of hydrogen-bond donors (Lipinski definition) is 1. The summed E-state index contributed by atoms with van der Waals surface area (Å²) in [5.74, 6) is -0.526. The average molecular weight is 449 g/mol. The summed E-state index contributed by atoms with van der Waals surface area (Å²) in [5, 5.41) is 3.15. The third kappa shape index (κ3) is 4.77. The second-order valence-corrected chi connectivity index (χ2v) is 8.59. The second kappa shape index (κ2) is 9.53. The molecule has 4 nitrogen and oxygen atoms in total. The molecule has 2 aromatic rings. The monoisotopic (exact) mass is 448 g/mol. The van der Waals surface area contributed by atoms with Crippen molar-refractivity contribution in [2.45, 2.75) is 57.8 Å². The van der Waals surface area contributed by atoms with E-state index in [4.69, 9.17) is 4.74 Å². The molecular weight excluding hydrogens is 417 g/mol. The van der Waals surface area contributed by atoms with Crippen LogP contribution < -0.4 is 10.1 Å². The molecule has 32 heavy (non-hydrogen) atoms. The fourth-order valence-corrected chi connectivity index (χ4v) is 4.66. The lowest BCUT2D eigenvalue weighted by Crippen LogP contribution is -2.54. The number of ether oxygens (including phenoxy) is 1. The molecule has 3 rings (SSSR count). The van der Waals surface area contributed by atoms with Crippen LogP contribution in [0.1, 0.15) is 66.2 Å². The third-order valence-corrected chi connectivity index (χ3v) is 6.65. The number of nitrogens with one attached hydrogen (secondary N) is 1. The fourth-order valence-electron chi connectivity index (χ4n) is 4.66. The number of amides is 1. The number of aryl methyl sites for hydroxylation is 1. The number of likely N-dealkylation sites (tertiary alicyclic amines) is 1. The van der Waals surface area contributed by atoms with Crippen molar-refractivity contribution in [1.29, 1.82) is 0 Å². The van der Waals surface area contributed by atoms with Gasteiger partial charge in [-0.25, -0.2) is 0 Å². The Labute approximate surface area is 187 Å². The third-order valence-electron chi connectivity index (χ3n) is 6.65. The Balaban J connectivity index is 2.03. The molecule has 2 aromatic carbocycles. The van der Waals surface area contributed by atoms with Crippen LogP contribution in [0.15, 0.2) is 42.5 Å². The lowest BCUT2D eigenvalue weighted by Gasteiger charge is -2.45. The van der Waals surface area contributed by atoms with E-state index in [0.29, 0.717) is 0 Å². The van der Waals surface area contributed by atoms with Crippen LogP contribution in [0.5, 0.6) is 5.75 Å². The van der Waals surface area contributed by atoms with E-state index in [1.807, 2.05) is 30.3 Å². The molecule has 1 saturated heterocycles. The molecule has 2 unspecified atom stereocenters. The molecule has 0 radical (unpaired) electrons. The molecular formula is C25H31F3N2O2. The highest BCUT2D eigenvalue weighted by Crippen LogP contribution is 2.38. The van der Waals surface area contributed by atoms with Crippen LogP contribution in [0.3, 0.4) is 0 Å². The first kappa shape index (κ1) is 24.1. The molecule has 0 aliphatic carbocycles. The number of carbonyl (C=O) groups excluding carboxylic acids is 1. The molecule has 2 atom stereocenters. The van der Waals surface area contributed by atoms with Gasteiger partial charge in [-0.3, -0.25) is 9.69 Å². The topological polar surface area (TPSA) is 41.6 Å². The zero-order valence-electron chi connectivity index (χ0n) is 19.1. The Morgan fingerprint density at radius 1 is 1.16 bits per heavy atom. The van der Waals surface area contributed by atoms with Gasteiger partial charge in [-0.05, 0) is 69.5 Å². The van der Waals surface area contributed by atoms with Crippen LogP contribution in [0, 0.1) is 6.92 Å². The van der Waals surface area contributed by atoms with Gasteiger partial charge in [-0.15, -0.1) is 0 Å². The number of halogens is 3. The van der Waals surface area contributed by atoms with Gasteiger partial charge in [0.05, 0.1) is 24.3 Å². The lowest BCUT2D eigenvalue weighted by molar-refractivity contribution is -0.137. The van der Waals surface area contributed by atoms with Gasteiger partial charge in [-0.2, -0.15) is 13.2 Å². The molecule has 1 heterocycles. The van der Waals surface area contributed by atoms with Gasteiger partial charge in [0, 0.05) is 5.54 Å². The Kier molecular flexibility index (Phi) is 7.18. The number of benzene rings is 2. The highest BCUT2D eigenvalue weighted by atomic mass is 19.4.